The van der Waals surface area contributed by atoms with Crippen molar-refractivity contribution in [3.8, 4) is 0 Å². The highest BCUT2D eigenvalue weighted by atomic mass is 32.2. The van der Waals surface area contributed by atoms with Crippen LogP contribution in [0.15, 0.2) is 59.5 Å². The summed E-state index contributed by atoms with van der Waals surface area (Å²) in [5.74, 6) is -0.745. The molecule has 0 saturated carbocycles. The second-order valence-electron chi connectivity index (χ2n) is 7.55. The fraction of sp³-hybridized carbons (Fsp3) is 0.364. The largest absolute Gasteiger partial charge is 0.349 e. The molecular weight excluding hydrogens is 402 g/mol. The molecule has 2 aromatic carbocycles. The first-order valence-corrected chi connectivity index (χ1v) is 11.4. The monoisotopic (exact) mass is 429 g/mol. The number of amides is 2. The number of anilines is 1. The third kappa shape index (κ3) is 5.25. The Morgan fingerprint density at radius 1 is 1.07 bits per heavy atom. The van der Waals surface area contributed by atoms with Crippen LogP contribution >= 0.6 is 0 Å². The zero-order chi connectivity index (χ0) is 21.7. The van der Waals surface area contributed by atoms with Gasteiger partial charge in [-0.25, -0.2) is 8.42 Å². The summed E-state index contributed by atoms with van der Waals surface area (Å²) in [6, 6.07) is 15.6. The summed E-state index contributed by atoms with van der Waals surface area (Å²) in [6.07, 6.45) is 1.28. The molecule has 2 N–H and O–H groups in total. The van der Waals surface area contributed by atoms with Gasteiger partial charge in [0.25, 0.3) is 0 Å². The summed E-state index contributed by atoms with van der Waals surface area (Å²) in [7, 11) is -3.71. The second kappa shape index (κ2) is 9.40. The lowest BCUT2D eigenvalue weighted by Gasteiger charge is -2.32. The van der Waals surface area contributed by atoms with Crippen LogP contribution in [0.3, 0.4) is 0 Å². The standard InChI is InChI=1S/C22H27N3O4S/c1-16(18-7-4-3-5-8-18)23-22(27)19-9-6-14-25(15-19)30(28,29)21-12-10-20(11-13-21)24-17(2)26/h3-5,7-8,10-13,16,19H,6,9,14-15H2,1-2H3,(H,23,27)(H,24,26)/t16-,19+/m1/s1. The molecule has 0 aromatic heterocycles. The highest BCUT2D eigenvalue weighted by molar-refractivity contribution is 7.89. The molecule has 0 radical (unpaired) electrons. The van der Waals surface area contributed by atoms with E-state index in [-0.39, 0.29) is 29.3 Å². The van der Waals surface area contributed by atoms with Gasteiger partial charge in [0, 0.05) is 25.7 Å². The summed E-state index contributed by atoms with van der Waals surface area (Å²) >= 11 is 0. The molecule has 2 aromatic rings. The number of rotatable bonds is 6. The van der Waals surface area contributed by atoms with Crippen molar-refractivity contribution in [1.82, 2.24) is 9.62 Å². The number of nitrogens with zero attached hydrogens (tertiary/aromatic N) is 1. The van der Waals surface area contributed by atoms with Crippen molar-refractivity contribution in [2.45, 2.75) is 37.6 Å². The van der Waals surface area contributed by atoms with Gasteiger partial charge >= 0.3 is 0 Å². The summed E-state index contributed by atoms with van der Waals surface area (Å²) < 4.78 is 27.5. The van der Waals surface area contributed by atoms with Crippen LogP contribution in [-0.4, -0.2) is 37.6 Å². The van der Waals surface area contributed by atoms with Gasteiger partial charge in [-0.3, -0.25) is 9.59 Å². The molecule has 160 valence electrons. The SMILES string of the molecule is CC(=O)Nc1ccc(S(=O)(=O)N2CCC[C@H](C(=O)N[C@H](C)c3ccccc3)C2)cc1. The van der Waals surface area contributed by atoms with E-state index in [0.29, 0.717) is 25.1 Å². The van der Waals surface area contributed by atoms with E-state index in [1.54, 1.807) is 12.1 Å². The van der Waals surface area contributed by atoms with Gasteiger partial charge in [0.1, 0.15) is 0 Å². The van der Waals surface area contributed by atoms with Gasteiger partial charge in [-0.05, 0) is 49.6 Å². The van der Waals surface area contributed by atoms with E-state index in [9.17, 15) is 18.0 Å². The first-order valence-electron chi connectivity index (χ1n) is 10.0. The normalized spacial score (nSPS) is 18.4. The molecule has 1 aliphatic rings. The minimum atomic E-state index is -3.71. The van der Waals surface area contributed by atoms with E-state index in [1.165, 1.54) is 23.4 Å². The van der Waals surface area contributed by atoms with Gasteiger partial charge in [-0.1, -0.05) is 30.3 Å². The van der Waals surface area contributed by atoms with Gasteiger partial charge in [0.15, 0.2) is 0 Å². The Balaban J connectivity index is 1.67. The fourth-order valence-electron chi connectivity index (χ4n) is 3.59. The highest BCUT2D eigenvalue weighted by Gasteiger charge is 2.33. The van der Waals surface area contributed by atoms with Crippen LogP contribution in [0.1, 0.15) is 38.3 Å². The van der Waals surface area contributed by atoms with Crippen LogP contribution in [0.4, 0.5) is 5.69 Å². The van der Waals surface area contributed by atoms with Crippen LogP contribution in [0, 0.1) is 5.92 Å². The average Bonchev–Trinajstić information content (AvgIpc) is 2.74. The van der Waals surface area contributed by atoms with E-state index in [1.807, 2.05) is 37.3 Å². The third-order valence-electron chi connectivity index (χ3n) is 5.23. The maximum atomic E-state index is 13.0. The van der Waals surface area contributed by atoms with Crippen LogP contribution in [0.5, 0.6) is 0 Å². The maximum absolute atomic E-state index is 13.0. The number of nitrogens with one attached hydrogen (secondary N) is 2. The molecule has 1 aliphatic heterocycles. The predicted octanol–water partition coefficient (Wildman–Crippen LogP) is 2.92. The topological polar surface area (TPSA) is 95.6 Å². The Bertz CT molecular complexity index is 991. The number of benzene rings is 2. The molecule has 1 saturated heterocycles. The van der Waals surface area contributed by atoms with Crippen molar-refractivity contribution in [3.05, 3.63) is 60.2 Å². The number of carbonyl (C=O) groups excluding carboxylic acids is 2. The molecule has 0 unspecified atom stereocenters. The van der Waals surface area contributed by atoms with Gasteiger partial charge in [0.05, 0.1) is 16.9 Å². The molecule has 0 aliphatic carbocycles. The van der Waals surface area contributed by atoms with Crippen molar-refractivity contribution in [2.75, 3.05) is 18.4 Å². The Morgan fingerprint density at radius 3 is 2.37 bits per heavy atom. The summed E-state index contributed by atoms with van der Waals surface area (Å²) in [6.45, 7) is 3.85. The van der Waals surface area contributed by atoms with E-state index < -0.39 is 15.9 Å². The molecule has 1 fully saturated rings. The molecule has 0 bridgehead atoms. The summed E-state index contributed by atoms with van der Waals surface area (Å²) in [5, 5.41) is 5.62. The van der Waals surface area contributed by atoms with Gasteiger partial charge < -0.3 is 10.6 Å². The maximum Gasteiger partial charge on any atom is 0.243 e. The first-order chi connectivity index (χ1) is 14.3. The lowest BCUT2D eigenvalue weighted by Crippen LogP contribution is -2.45. The lowest BCUT2D eigenvalue weighted by atomic mass is 9.98. The predicted molar refractivity (Wildman–Crippen MR) is 115 cm³/mol. The van der Waals surface area contributed by atoms with E-state index in [0.717, 1.165) is 5.56 Å². The van der Waals surface area contributed by atoms with Gasteiger partial charge in [-0.15, -0.1) is 0 Å². The summed E-state index contributed by atoms with van der Waals surface area (Å²) in [4.78, 5) is 24.0. The Kier molecular flexibility index (Phi) is 6.89. The molecule has 30 heavy (non-hydrogen) atoms. The van der Waals surface area contributed by atoms with Gasteiger partial charge in [0.2, 0.25) is 21.8 Å². The smallest absolute Gasteiger partial charge is 0.243 e. The van der Waals surface area contributed by atoms with Crippen LogP contribution in [0.2, 0.25) is 0 Å². The minimum Gasteiger partial charge on any atom is -0.349 e. The van der Waals surface area contributed by atoms with Crippen molar-refractivity contribution in [2.24, 2.45) is 5.92 Å². The number of carbonyl (C=O) groups is 2. The van der Waals surface area contributed by atoms with Crippen molar-refractivity contribution >= 4 is 27.5 Å². The van der Waals surface area contributed by atoms with Crippen molar-refractivity contribution in [1.29, 1.82) is 0 Å². The second-order valence-corrected chi connectivity index (χ2v) is 9.49. The van der Waals surface area contributed by atoms with Gasteiger partial charge in [-0.2, -0.15) is 4.31 Å². The molecule has 8 heteroatoms. The first kappa shape index (κ1) is 22.0. The zero-order valence-corrected chi connectivity index (χ0v) is 18.0. The molecule has 2 atom stereocenters. The zero-order valence-electron chi connectivity index (χ0n) is 17.2. The number of hydrogen-bond donors (Lipinski definition) is 2. The van der Waals surface area contributed by atoms with E-state index in [2.05, 4.69) is 10.6 Å². The highest BCUT2D eigenvalue weighted by Crippen LogP contribution is 2.25. The molecule has 0 spiro atoms. The molecule has 2 amide bonds. The lowest BCUT2D eigenvalue weighted by molar-refractivity contribution is -0.126. The Labute approximate surface area is 177 Å². The quantitative estimate of drug-likeness (QED) is 0.738. The minimum absolute atomic E-state index is 0.132. The van der Waals surface area contributed by atoms with Crippen LogP contribution < -0.4 is 10.6 Å². The Hall–Kier alpha value is -2.71. The number of sulfonamides is 1. The fourth-order valence-corrected chi connectivity index (χ4v) is 5.12. The van der Waals surface area contributed by atoms with Crippen molar-refractivity contribution in [3.63, 3.8) is 0 Å². The van der Waals surface area contributed by atoms with Crippen LogP contribution in [-0.2, 0) is 19.6 Å². The summed E-state index contributed by atoms with van der Waals surface area (Å²) in [5.41, 5.74) is 1.54. The number of piperidine rings is 1. The van der Waals surface area contributed by atoms with Crippen LogP contribution in [0.25, 0.3) is 0 Å². The van der Waals surface area contributed by atoms with E-state index >= 15 is 0 Å². The van der Waals surface area contributed by atoms with Crippen molar-refractivity contribution < 1.29 is 18.0 Å². The molecule has 7 nitrogen and oxygen atoms in total. The Morgan fingerprint density at radius 2 is 1.73 bits per heavy atom. The third-order valence-corrected chi connectivity index (χ3v) is 7.11. The molecule has 3 rings (SSSR count). The number of hydrogen-bond acceptors (Lipinski definition) is 4. The molecular formula is C22H27N3O4S. The molecule has 1 heterocycles. The average molecular weight is 430 g/mol. The van der Waals surface area contributed by atoms with E-state index in [4.69, 9.17) is 0 Å².